The largest absolute Gasteiger partial charge is 0.493 e. The Bertz CT molecular complexity index is 869. The van der Waals surface area contributed by atoms with Crippen LogP contribution < -0.4 is 9.64 Å². The summed E-state index contributed by atoms with van der Waals surface area (Å²) in [5.41, 5.74) is 3.85. The third-order valence-electron chi connectivity index (χ3n) is 5.74. The molecule has 1 aromatic rings. The second-order valence-corrected chi connectivity index (χ2v) is 9.47. The normalized spacial score (nSPS) is 18.9. The van der Waals surface area contributed by atoms with Gasteiger partial charge >= 0.3 is 6.09 Å². The molecule has 0 aliphatic carbocycles. The lowest BCUT2D eigenvalue weighted by Crippen LogP contribution is -2.41. The fraction of sp³-hybridized carbons (Fsp3) is 0.600. The first-order chi connectivity index (χ1) is 14.6. The lowest BCUT2D eigenvalue weighted by Gasteiger charge is -2.36. The Morgan fingerprint density at radius 1 is 1.19 bits per heavy atom. The number of ether oxygens (including phenoxy) is 2. The number of amides is 2. The molecule has 170 valence electrons. The van der Waals surface area contributed by atoms with Gasteiger partial charge in [0.1, 0.15) is 11.4 Å². The van der Waals surface area contributed by atoms with Crippen LogP contribution in [0, 0.1) is 0 Å². The molecule has 1 unspecified atom stereocenters. The highest BCUT2D eigenvalue weighted by atomic mass is 16.6. The molecule has 1 aromatic carbocycles. The zero-order valence-electron chi connectivity index (χ0n) is 19.8. The zero-order chi connectivity index (χ0) is 22.8. The summed E-state index contributed by atoms with van der Waals surface area (Å²) in [6.45, 7) is 13.2. The van der Waals surface area contributed by atoms with E-state index in [1.165, 1.54) is 5.57 Å². The second kappa shape index (κ2) is 9.33. The van der Waals surface area contributed by atoms with Gasteiger partial charge in [0.25, 0.3) is 0 Å². The highest BCUT2D eigenvalue weighted by molar-refractivity contribution is 5.94. The first-order valence-corrected chi connectivity index (χ1v) is 11.4. The van der Waals surface area contributed by atoms with Crippen molar-refractivity contribution in [1.29, 1.82) is 0 Å². The van der Waals surface area contributed by atoms with Crippen molar-refractivity contribution in [3.63, 3.8) is 0 Å². The molecule has 2 heterocycles. The van der Waals surface area contributed by atoms with E-state index in [-0.39, 0.29) is 18.0 Å². The Hall–Kier alpha value is -2.50. The Kier molecular flexibility index (Phi) is 6.97. The van der Waals surface area contributed by atoms with Crippen LogP contribution in [0.15, 0.2) is 18.2 Å². The predicted octanol–water partition coefficient (Wildman–Crippen LogP) is 5.19. The van der Waals surface area contributed by atoms with Crippen LogP contribution in [0.4, 0.5) is 10.5 Å². The van der Waals surface area contributed by atoms with Crippen LogP contribution in [-0.4, -0.2) is 48.2 Å². The molecule has 1 atom stereocenters. The van der Waals surface area contributed by atoms with E-state index in [1.807, 2.05) is 25.7 Å². The van der Waals surface area contributed by atoms with Crippen molar-refractivity contribution in [2.45, 2.75) is 78.9 Å². The molecule has 0 saturated carbocycles. The molecule has 6 nitrogen and oxygen atoms in total. The van der Waals surface area contributed by atoms with Crippen LogP contribution in [0.1, 0.15) is 71.9 Å². The number of hydrogen-bond acceptors (Lipinski definition) is 4. The first kappa shape index (κ1) is 23.2. The highest BCUT2D eigenvalue weighted by Crippen LogP contribution is 2.42. The maximum Gasteiger partial charge on any atom is 0.410 e. The Labute approximate surface area is 186 Å². The third kappa shape index (κ3) is 5.23. The summed E-state index contributed by atoms with van der Waals surface area (Å²) in [5, 5.41) is 0. The Morgan fingerprint density at radius 2 is 1.94 bits per heavy atom. The van der Waals surface area contributed by atoms with Gasteiger partial charge in [-0.05, 0) is 71.1 Å². The standard InChI is InChI=1S/C25H36N2O4/c1-7-16-30-23-20(10-11-22-21(23)9-8-17(2)27(22)18(3)28)19-12-14-26(15-13-19)24(29)31-25(4,5)6/h10-12,17H,7-9,13-16H2,1-6H3. The van der Waals surface area contributed by atoms with Crippen LogP contribution in [0.25, 0.3) is 5.57 Å². The molecular weight excluding hydrogens is 392 g/mol. The summed E-state index contributed by atoms with van der Waals surface area (Å²) in [4.78, 5) is 28.3. The molecule has 0 saturated heterocycles. The fourth-order valence-corrected chi connectivity index (χ4v) is 4.31. The van der Waals surface area contributed by atoms with E-state index < -0.39 is 5.60 Å². The van der Waals surface area contributed by atoms with E-state index >= 15 is 0 Å². The predicted molar refractivity (Wildman–Crippen MR) is 124 cm³/mol. The van der Waals surface area contributed by atoms with Crippen molar-refractivity contribution in [2.75, 3.05) is 24.6 Å². The van der Waals surface area contributed by atoms with Gasteiger partial charge in [-0.1, -0.05) is 13.0 Å². The smallest absolute Gasteiger partial charge is 0.410 e. The lowest BCUT2D eigenvalue weighted by molar-refractivity contribution is -0.117. The second-order valence-electron chi connectivity index (χ2n) is 9.47. The monoisotopic (exact) mass is 428 g/mol. The summed E-state index contributed by atoms with van der Waals surface area (Å²) < 4.78 is 11.8. The summed E-state index contributed by atoms with van der Waals surface area (Å²) >= 11 is 0. The zero-order valence-corrected chi connectivity index (χ0v) is 19.8. The molecule has 0 aromatic heterocycles. The van der Waals surface area contributed by atoms with Gasteiger partial charge in [0.2, 0.25) is 5.91 Å². The van der Waals surface area contributed by atoms with E-state index in [0.717, 1.165) is 48.2 Å². The number of fused-ring (bicyclic) bond motifs is 1. The topological polar surface area (TPSA) is 59.1 Å². The van der Waals surface area contributed by atoms with Crippen molar-refractivity contribution in [2.24, 2.45) is 0 Å². The van der Waals surface area contributed by atoms with Crippen LogP contribution >= 0.6 is 0 Å². The van der Waals surface area contributed by atoms with E-state index in [4.69, 9.17) is 9.47 Å². The molecule has 2 aliphatic rings. The quantitative estimate of drug-likeness (QED) is 0.662. The molecule has 6 heteroatoms. The molecule has 0 spiro atoms. The first-order valence-electron chi connectivity index (χ1n) is 11.4. The summed E-state index contributed by atoms with van der Waals surface area (Å²) in [7, 11) is 0. The average molecular weight is 429 g/mol. The van der Waals surface area contributed by atoms with Crippen molar-refractivity contribution < 1.29 is 19.1 Å². The number of rotatable bonds is 4. The van der Waals surface area contributed by atoms with Crippen LogP contribution in [0.2, 0.25) is 0 Å². The van der Waals surface area contributed by atoms with Crippen molar-refractivity contribution in [3.05, 3.63) is 29.3 Å². The van der Waals surface area contributed by atoms with E-state index in [1.54, 1.807) is 11.8 Å². The molecule has 0 fully saturated rings. The number of carbonyl (C=O) groups is 2. The minimum Gasteiger partial charge on any atom is -0.493 e. The molecule has 3 rings (SSSR count). The maximum absolute atomic E-state index is 12.4. The number of benzene rings is 1. The van der Waals surface area contributed by atoms with Gasteiger partial charge in [-0.15, -0.1) is 0 Å². The number of anilines is 1. The van der Waals surface area contributed by atoms with Gasteiger partial charge < -0.3 is 19.3 Å². The molecule has 2 amide bonds. The van der Waals surface area contributed by atoms with Gasteiger partial charge in [-0.2, -0.15) is 0 Å². The minimum absolute atomic E-state index is 0.0625. The van der Waals surface area contributed by atoms with Crippen LogP contribution in [-0.2, 0) is 16.0 Å². The third-order valence-corrected chi connectivity index (χ3v) is 5.74. The molecule has 31 heavy (non-hydrogen) atoms. The van der Waals surface area contributed by atoms with Gasteiger partial charge in [0.05, 0.1) is 12.3 Å². The molecule has 0 N–H and O–H groups in total. The molecule has 0 radical (unpaired) electrons. The van der Waals surface area contributed by atoms with Crippen molar-refractivity contribution in [3.8, 4) is 5.75 Å². The average Bonchev–Trinajstić information content (AvgIpc) is 2.70. The van der Waals surface area contributed by atoms with Gasteiger partial charge in [0, 0.05) is 37.2 Å². The van der Waals surface area contributed by atoms with Crippen molar-refractivity contribution >= 4 is 23.3 Å². The summed E-state index contributed by atoms with van der Waals surface area (Å²) in [6, 6.07) is 4.32. The van der Waals surface area contributed by atoms with Crippen LogP contribution in [0.3, 0.4) is 0 Å². The lowest BCUT2D eigenvalue weighted by atomic mass is 9.90. The molecule has 2 aliphatic heterocycles. The minimum atomic E-state index is -0.500. The van der Waals surface area contributed by atoms with E-state index in [2.05, 4.69) is 32.1 Å². The Morgan fingerprint density at radius 3 is 2.52 bits per heavy atom. The van der Waals surface area contributed by atoms with E-state index in [0.29, 0.717) is 19.7 Å². The maximum atomic E-state index is 12.4. The van der Waals surface area contributed by atoms with Crippen LogP contribution in [0.5, 0.6) is 5.75 Å². The number of nitrogens with zero attached hydrogens (tertiary/aromatic N) is 2. The number of hydrogen-bond donors (Lipinski definition) is 0. The summed E-state index contributed by atoms with van der Waals surface area (Å²) in [5.74, 6) is 0.960. The fourth-order valence-electron chi connectivity index (χ4n) is 4.31. The highest BCUT2D eigenvalue weighted by Gasteiger charge is 2.31. The molecule has 0 bridgehead atoms. The number of carbonyl (C=O) groups excluding carboxylic acids is 2. The van der Waals surface area contributed by atoms with Gasteiger partial charge in [-0.25, -0.2) is 4.79 Å². The Balaban J connectivity index is 1.91. The van der Waals surface area contributed by atoms with Crippen molar-refractivity contribution in [1.82, 2.24) is 4.90 Å². The van der Waals surface area contributed by atoms with E-state index in [9.17, 15) is 9.59 Å². The van der Waals surface area contributed by atoms with Gasteiger partial charge in [-0.3, -0.25) is 4.79 Å². The SMILES string of the molecule is CCCOc1c(C2=CCN(C(=O)OC(C)(C)C)CC2)ccc2c1CCC(C)N2C(C)=O. The van der Waals surface area contributed by atoms with Gasteiger partial charge in [0.15, 0.2) is 0 Å². The summed E-state index contributed by atoms with van der Waals surface area (Å²) in [6.07, 6.45) is 5.30. The molecular formula is C25H36N2O4.